The maximum Gasteiger partial charge on any atom is 0.389 e. The van der Waals surface area contributed by atoms with Crippen LogP contribution >= 0.6 is 0 Å². The van der Waals surface area contributed by atoms with Gasteiger partial charge in [-0.1, -0.05) is 13.5 Å². The van der Waals surface area contributed by atoms with Gasteiger partial charge in [-0.3, -0.25) is 0 Å². The SMILES string of the molecule is C=C(CNCC)COCCCC(F)(F)F. The van der Waals surface area contributed by atoms with E-state index in [2.05, 4.69) is 11.9 Å². The van der Waals surface area contributed by atoms with E-state index in [-0.39, 0.29) is 13.0 Å². The van der Waals surface area contributed by atoms with Gasteiger partial charge in [-0.2, -0.15) is 13.2 Å². The van der Waals surface area contributed by atoms with Crippen LogP contribution in [0.3, 0.4) is 0 Å². The van der Waals surface area contributed by atoms with Crippen LogP contribution in [0.1, 0.15) is 19.8 Å². The fourth-order valence-electron chi connectivity index (χ4n) is 0.944. The summed E-state index contributed by atoms with van der Waals surface area (Å²) in [4.78, 5) is 0. The lowest BCUT2D eigenvalue weighted by atomic mass is 10.3. The number of ether oxygens (including phenoxy) is 1. The summed E-state index contributed by atoms with van der Waals surface area (Å²) in [6.45, 7) is 7.64. The van der Waals surface area contributed by atoms with Crippen LogP contribution in [0.4, 0.5) is 13.2 Å². The van der Waals surface area contributed by atoms with Gasteiger partial charge in [0, 0.05) is 19.6 Å². The summed E-state index contributed by atoms with van der Waals surface area (Å²) in [5.74, 6) is 0. The van der Waals surface area contributed by atoms with E-state index in [4.69, 9.17) is 4.74 Å². The molecule has 0 atom stereocenters. The first kappa shape index (κ1) is 14.5. The fourth-order valence-corrected chi connectivity index (χ4v) is 0.944. The topological polar surface area (TPSA) is 21.3 Å². The first-order valence-electron chi connectivity index (χ1n) is 4.97. The van der Waals surface area contributed by atoms with E-state index in [0.29, 0.717) is 13.2 Å². The fraction of sp³-hybridized carbons (Fsp3) is 0.800. The van der Waals surface area contributed by atoms with Crippen LogP contribution in [0, 0.1) is 0 Å². The van der Waals surface area contributed by atoms with Gasteiger partial charge in [0.1, 0.15) is 0 Å². The van der Waals surface area contributed by atoms with E-state index < -0.39 is 12.6 Å². The zero-order chi connectivity index (χ0) is 11.7. The van der Waals surface area contributed by atoms with Crippen molar-refractivity contribution in [3.05, 3.63) is 12.2 Å². The van der Waals surface area contributed by atoms with Gasteiger partial charge in [-0.05, 0) is 18.5 Å². The normalized spacial score (nSPS) is 11.7. The first-order valence-corrected chi connectivity index (χ1v) is 4.97. The maximum atomic E-state index is 11.7. The van der Waals surface area contributed by atoms with Crippen molar-refractivity contribution in [3.8, 4) is 0 Å². The van der Waals surface area contributed by atoms with Gasteiger partial charge < -0.3 is 10.1 Å². The van der Waals surface area contributed by atoms with Crippen LogP contribution in [0.5, 0.6) is 0 Å². The highest BCUT2D eigenvalue weighted by molar-refractivity contribution is 4.96. The smallest absolute Gasteiger partial charge is 0.377 e. The monoisotopic (exact) mass is 225 g/mol. The van der Waals surface area contributed by atoms with E-state index in [9.17, 15) is 13.2 Å². The summed E-state index contributed by atoms with van der Waals surface area (Å²) in [6, 6.07) is 0. The molecule has 5 heteroatoms. The molecular weight excluding hydrogens is 207 g/mol. The Hall–Kier alpha value is -0.550. The van der Waals surface area contributed by atoms with E-state index in [0.717, 1.165) is 12.1 Å². The minimum Gasteiger partial charge on any atom is -0.377 e. The number of nitrogens with one attached hydrogen (secondary N) is 1. The Morgan fingerprint density at radius 3 is 2.60 bits per heavy atom. The minimum absolute atomic E-state index is 0.0119. The number of rotatable bonds is 8. The van der Waals surface area contributed by atoms with E-state index in [1.54, 1.807) is 0 Å². The summed E-state index contributed by atoms with van der Waals surface area (Å²) in [5, 5.41) is 3.05. The molecule has 0 aromatic heterocycles. The van der Waals surface area contributed by atoms with E-state index in [1.165, 1.54) is 0 Å². The second kappa shape index (κ2) is 7.70. The molecule has 0 rings (SSSR count). The summed E-state index contributed by atoms with van der Waals surface area (Å²) in [7, 11) is 0. The van der Waals surface area contributed by atoms with Crippen molar-refractivity contribution in [1.29, 1.82) is 0 Å². The van der Waals surface area contributed by atoms with Gasteiger partial charge >= 0.3 is 6.18 Å². The zero-order valence-electron chi connectivity index (χ0n) is 8.99. The van der Waals surface area contributed by atoms with Crippen LogP contribution in [-0.2, 0) is 4.74 Å². The molecule has 1 N–H and O–H groups in total. The number of hydrogen-bond acceptors (Lipinski definition) is 2. The van der Waals surface area contributed by atoms with Crippen molar-refractivity contribution in [3.63, 3.8) is 0 Å². The average Bonchev–Trinajstić information content (AvgIpc) is 2.12. The second-order valence-electron chi connectivity index (χ2n) is 3.30. The highest BCUT2D eigenvalue weighted by Gasteiger charge is 2.25. The Morgan fingerprint density at radius 1 is 1.40 bits per heavy atom. The lowest BCUT2D eigenvalue weighted by Crippen LogP contribution is -2.18. The molecule has 0 bridgehead atoms. The molecule has 0 unspecified atom stereocenters. The number of halogens is 3. The van der Waals surface area contributed by atoms with Crippen LogP contribution in [0.15, 0.2) is 12.2 Å². The Labute approximate surface area is 88.5 Å². The Bertz CT molecular complexity index is 180. The van der Waals surface area contributed by atoms with Gasteiger partial charge in [-0.15, -0.1) is 0 Å². The van der Waals surface area contributed by atoms with Gasteiger partial charge in [-0.25, -0.2) is 0 Å². The van der Waals surface area contributed by atoms with E-state index >= 15 is 0 Å². The third kappa shape index (κ3) is 11.4. The Morgan fingerprint density at radius 2 is 2.07 bits per heavy atom. The molecule has 0 aliphatic heterocycles. The van der Waals surface area contributed by atoms with Crippen molar-refractivity contribution >= 4 is 0 Å². The van der Waals surface area contributed by atoms with Crippen molar-refractivity contribution in [2.45, 2.75) is 25.9 Å². The number of alkyl halides is 3. The third-order valence-corrected chi connectivity index (χ3v) is 1.68. The summed E-state index contributed by atoms with van der Waals surface area (Å²) in [6.07, 6.45) is -4.85. The third-order valence-electron chi connectivity index (χ3n) is 1.68. The van der Waals surface area contributed by atoms with Crippen molar-refractivity contribution in [1.82, 2.24) is 5.32 Å². The molecule has 0 saturated heterocycles. The molecule has 0 fully saturated rings. The molecule has 90 valence electrons. The molecular formula is C10H18F3NO. The second-order valence-corrected chi connectivity index (χ2v) is 3.30. The number of hydrogen-bond donors (Lipinski definition) is 1. The molecule has 0 amide bonds. The molecule has 0 radical (unpaired) electrons. The molecule has 0 aromatic rings. The van der Waals surface area contributed by atoms with Gasteiger partial charge in [0.05, 0.1) is 6.61 Å². The highest BCUT2D eigenvalue weighted by atomic mass is 19.4. The van der Waals surface area contributed by atoms with Crippen LogP contribution < -0.4 is 5.32 Å². The molecule has 0 saturated carbocycles. The molecule has 2 nitrogen and oxygen atoms in total. The zero-order valence-corrected chi connectivity index (χ0v) is 8.99. The van der Waals surface area contributed by atoms with Gasteiger partial charge in [0.25, 0.3) is 0 Å². The summed E-state index contributed by atoms with van der Waals surface area (Å²) >= 11 is 0. The van der Waals surface area contributed by atoms with Crippen LogP contribution in [0.25, 0.3) is 0 Å². The standard InChI is InChI=1S/C10H18F3NO/c1-3-14-7-9(2)8-15-6-4-5-10(11,12)13/h14H,2-8H2,1H3. The largest absolute Gasteiger partial charge is 0.389 e. The molecule has 0 spiro atoms. The predicted octanol–water partition coefficient (Wildman–Crippen LogP) is 2.51. The molecule has 15 heavy (non-hydrogen) atoms. The Balaban J connectivity index is 3.27. The van der Waals surface area contributed by atoms with Crippen molar-refractivity contribution in [2.75, 3.05) is 26.3 Å². The quantitative estimate of drug-likeness (QED) is 0.506. The minimum atomic E-state index is -4.08. The molecule has 0 heterocycles. The lowest BCUT2D eigenvalue weighted by Gasteiger charge is -2.08. The van der Waals surface area contributed by atoms with Crippen molar-refractivity contribution in [2.24, 2.45) is 0 Å². The average molecular weight is 225 g/mol. The van der Waals surface area contributed by atoms with E-state index in [1.807, 2.05) is 6.92 Å². The van der Waals surface area contributed by atoms with Crippen LogP contribution in [-0.4, -0.2) is 32.5 Å². The molecule has 0 aliphatic rings. The molecule has 0 aliphatic carbocycles. The lowest BCUT2D eigenvalue weighted by molar-refractivity contribution is -0.137. The van der Waals surface area contributed by atoms with Crippen LogP contribution in [0.2, 0.25) is 0 Å². The first-order chi connectivity index (χ1) is 6.95. The number of likely N-dealkylation sites (N-methyl/N-ethyl adjacent to an activating group) is 1. The van der Waals surface area contributed by atoms with Gasteiger partial charge in [0.15, 0.2) is 0 Å². The summed E-state index contributed by atoms with van der Waals surface area (Å²) in [5.41, 5.74) is 0.851. The highest BCUT2D eigenvalue weighted by Crippen LogP contribution is 2.20. The Kier molecular flexibility index (Phi) is 7.42. The molecule has 0 aromatic carbocycles. The maximum absolute atomic E-state index is 11.7. The van der Waals surface area contributed by atoms with Crippen molar-refractivity contribution < 1.29 is 17.9 Å². The predicted molar refractivity (Wildman–Crippen MR) is 53.8 cm³/mol. The van der Waals surface area contributed by atoms with Gasteiger partial charge in [0.2, 0.25) is 0 Å². The summed E-state index contributed by atoms with van der Waals surface area (Å²) < 4.78 is 40.2.